The summed E-state index contributed by atoms with van der Waals surface area (Å²) in [6.45, 7) is 4.70. The van der Waals surface area contributed by atoms with Gasteiger partial charge in [0.1, 0.15) is 11.6 Å². The summed E-state index contributed by atoms with van der Waals surface area (Å²) in [5.41, 5.74) is 1.05. The Balaban J connectivity index is 1.52. The van der Waals surface area contributed by atoms with E-state index in [1.807, 2.05) is 12.1 Å². The standard InChI is InChI=1S/C18H21FN4/c1-12-18(13-8-10-23(12)11-9-13)20-17-7-6-16(21-22-17)14-4-2-3-5-15(14)19/h2-7,12-13,18H,8-11H2,1H3,(H,20,22)/t12-,18+/m1/s1. The Labute approximate surface area is 135 Å². The fourth-order valence-corrected chi connectivity index (χ4v) is 3.94. The monoisotopic (exact) mass is 312 g/mol. The minimum Gasteiger partial charge on any atom is -0.364 e. The molecule has 0 radical (unpaired) electrons. The molecule has 1 aromatic heterocycles. The van der Waals surface area contributed by atoms with Crippen LogP contribution in [0.4, 0.5) is 10.2 Å². The van der Waals surface area contributed by atoms with Gasteiger partial charge >= 0.3 is 0 Å². The number of aromatic nitrogens is 2. The van der Waals surface area contributed by atoms with Gasteiger partial charge in [0.15, 0.2) is 0 Å². The predicted octanol–water partition coefficient (Wildman–Crippen LogP) is 3.18. The maximum absolute atomic E-state index is 13.8. The molecule has 0 amide bonds. The van der Waals surface area contributed by atoms with E-state index in [4.69, 9.17) is 0 Å². The number of hydrogen-bond donors (Lipinski definition) is 1. The van der Waals surface area contributed by atoms with E-state index in [0.29, 0.717) is 29.3 Å². The van der Waals surface area contributed by atoms with Gasteiger partial charge in [0.05, 0.1) is 5.69 Å². The van der Waals surface area contributed by atoms with Gasteiger partial charge in [0, 0.05) is 17.6 Å². The minimum absolute atomic E-state index is 0.270. The van der Waals surface area contributed by atoms with Crippen LogP contribution in [-0.4, -0.2) is 40.3 Å². The first-order valence-corrected chi connectivity index (χ1v) is 8.31. The summed E-state index contributed by atoms with van der Waals surface area (Å²) in [6, 6.07) is 11.3. The van der Waals surface area contributed by atoms with Gasteiger partial charge in [-0.3, -0.25) is 4.90 Å². The van der Waals surface area contributed by atoms with Gasteiger partial charge in [-0.05, 0) is 63.0 Å². The molecule has 5 rings (SSSR count). The molecule has 3 fully saturated rings. The van der Waals surface area contributed by atoms with Crippen LogP contribution in [0.1, 0.15) is 19.8 Å². The van der Waals surface area contributed by atoms with Crippen molar-refractivity contribution in [2.45, 2.75) is 31.8 Å². The van der Waals surface area contributed by atoms with Gasteiger partial charge < -0.3 is 5.32 Å². The van der Waals surface area contributed by atoms with Crippen molar-refractivity contribution >= 4 is 5.82 Å². The van der Waals surface area contributed by atoms with Crippen LogP contribution in [0.2, 0.25) is 0 Å². The smallest absolute Gasteiger partial charge is 0.148 e. The van der Waals surface area contributed by atoms with Crippen LogP contribution in [-0.2, 0) is 0 Å². The lowest BCUT2D eigenvalue weighted by Gasteiger charge is -2.50. The maximum Gasteiger partial charge on any atom is 0.148 e. The summed E-state index contributed by atoms with van der Waals surface area (Å²) in [6.07, 6.45) is 2.51. The lowest BCUT2D eigenvalue weighted by Crippen LogP contribution is -2.59. The predicted molar refractivity (Wildman–Crippen MR) is 88.6 cm³/mol. The molecule has 120 valence electrons. The third kappa shape index (κ3) is 2.70. The summed E-state index contributed by atoms with van der Waals surface area (Å²) >= 11 is 0. The Morgan fingerprint density at radius 1 is 1.09 bits per heavy atom. The highest BCUT2D eigenvalue weighted by atomic mass is 19.1. The van der Waals surface area contributed by atoms with E-state index in [0.717, 1.165) is 5.82 Å². The van der Waals surface area contributed by atoms with E-state index in [9.17, 15) is 4.39 Å². The molecule has 3 aliphatic rings. The molecule has 5 heteroatoms. The van der Waals surface area contributed by atoms with E-state index in [1.165, 1.54) is 32.0 Å². The first kappa shape index (κ1) is 14.6. The molecule has 2 aromatic rings. The Hall–Kier alpha value is -2.01. The summed E-state index contributed by atoms with van der Waals surface area (Å²) in [4.78, 5) is 2.54. The van der Waals surface area contributed by atoms with E-state index < -0.39 is 0 Å². The third-order valence-corrected chi connectivity index (χ3v) is 5.31. The number of rotatable bonds is 3. The molecule has 4 nitrogen and oxygen atoms in total. The van der Waals surface area contributed by atoms with Gasteiger partial charge in [0.2, 0.25) is 0 Å². The molecule has 2 atom stereocenters. The summed E-state index contributed by atoms with van der Waals surface area (Å²) in [7, 11) is 0. The zero-order chi connectivity index (χ0) is 15.8. The van der Waals surface area contributed by atoms with Gasteiger partial charge in [-0.2, -0.15) is 0 Å². The first-order chi connectivity index (χ1) is 11.2. The number of benzene rings is 1. The first-order valence-electron chi connectivity index (χ1n) is 8.31. The van der Waals surface area contributed by atoms with E-state index in [1.54, 1.807) is 18.2 Å². The molecule has 0 spiro atoms. The highest BCUT2D eigenvalue weighted by Gasteiger charge is 2.39. The second-order valence-corrected chi connectivity index (χ2v) is 6.57. The zero-order valence-electron chi connectivity index (χ0n) is 13.2. The SMILES string of the molecule is C[C@@H]1[C@H](Nc2ccc(-c3ccccc3F)nn2)C2CCN1CC2. The maximum atomic E-state index is 13.8. The van der Waals surface area contributed by atoms with E-state index >= 15 is 0 Å². The molecule has 1 aromatic carbocycles. The molecule has 0 saturated carbocycles. The average Bonchev–Trinajstić information content (AvgIpc) is 2.60. The Bertz CT molecular complexity index is 678. The average molecular weight is 312 g/mol. The molecule has 23 heavy (non-hydrogen) atoms. The topological polar surface area (TPSA) is 41.1 Å². The van der Waals surface area contributed by atoms with Crippen molar-refractivity contribution in [3.05, 3.63) is 42.2 Å². The molecular formula is C18H21FN4. The Kier molecular flexibility index (Phi) is 3.73. The molecule has 0 unspecified atom stereocenters. The second-order valence-electron chi connectivity index (χ2n) is 6.57. The largest absolute Gasteiger partial charge is 0.364 e. The molecule has 0 aliphatic carbocycles. The van der Waals surface area contributed by atoms with Crippen molar-refractivity contribution in [2.75, 3.05) is 18.4 Å². The lowest BCUT2D eigenvalue weighted by molar-refractivity contribution is 0.0457. The number of nitrogens with zero attached hydrogens (tertiary/aromatic N) is 3. The Morgan fingerprint density at radius 2 is 1.87 bits per heavy atom. The van der Waals surface area contributed by atoms with Gasteiger partial charge in [-0.1, -0.05) is 12.1 Å². The number of fused-ring (bicyclic) bond motifs is 3. The number of hydrogen-bond acceptors (Lipinski definition) is 4. The summed E-state index contributed by atoms with van der Waals surface area (Å²) in [5.74, 6) is 1.22. The normalized spacial score (nSPS) is 29.5. The van der Waals surface area contributed by atoms with E-state index in [-0.39, 0.29) is 5.82 Å². The Morgan fingerprint density at radius 3 is 2.52 bits per heavy atom. The van der Waals surface area contributed by atoms with E-state index in [2.05, 4.69) is 27.3 Å². The quantitative estimate of drug-likeness (QED) is 0.945. The van der Waals surface area contributed by atoms with Crippen LogP contribution >= 0.6 is 0 Å². The van der Waals surface area contributed by atoms with Crippen molar-refractivity contribution < 1.29 is 4.39 Å². The minimum atomic E-state index is -0.270. The molecule has 3 saturated heterocycles. The van der Waals surface area contributed by atoms with Crippen LogP contribution in [0.15, 0.2) is 36.4 Å². The van der Waals surface area contributed by atoms with Crippen LogP contribution in [0.3, 0.4) is 0 Å². The molecule has 3 aliphatic heterocycles. The number of halogens is 1. The zero-order valence-corrected chi connectivity index (χ0v) is 13.2. The van der Waals surface area contributed by atoms with Gasteiger partial charge in [0.25, 0.3) is 0 Å². The highest BCUT2D eigenvalue weighted by Crippen LogP contribution is 2.33. The van der Waals surface area contributed by atoms with Crippen LogP contribution < -0.4 is 5.32 Å². The van der Waals surface area contributed by atoms with Crippen LogP contribution in [0.5, 0.6) is 0 Å². The highest BCUT2D eigenvalue weighted by molar-refractivity contribution is 5.60. The van der Waals surface area contributed by atoms with Crippen molar-refractivity contribution in [3.63, 3.8) is 0 Å². The second kappa shape index (κ2) is 5.89. The summed E-state index contributed by atoms with van der Waals surface area (Å²) in [5, 5.41) is 12.0. The van der Waals surface area contributed by atoms with Crippen molar-refractivity contribution in [1.29, 1.82) is 0 Å². The fraction of sp³-hybridized carbons (Fsp3) is 0.444. The lowest BCUT2D eigenvalue weighted by atomic mass is 9.79. The van der Waals surface area contributed by atoms with Crippen molar-refractivity contribution in [2.24, 2.45) is 5.92 Å². The fourth-order valence-electron chi connectivity index (χ4n) is 3.94. The van der Waals surface area contributed by atoms with Crippen molar-refractivity contribution in [3.8, 4) is 11.3 Å². The number of anilines is 1. The van der Waals surface area contributed by atoms with Crippen molar-refractivity contribution in [1.82, 2.24) is 15.1 Å². The summed E-state index contributed by atoms with van der Waals surface area (Å²) < 4.78 is 13.8. The van der Waals surface area contributed by atoms with Gasteiger partial charge in [-0.15, -0.1) is 10.2 Å². The number of nitrogens with one attached hydrogen (secondary N) is 1. The molecule has 2 bridgehead atoms. The van der Waals surface area contributed by atoms with Crippen LogP contribution in [0, 0.1) is 11.7 Å². The third-order valence-electron chi connectivity index (χ3n) is 5.31. The molecule has 1 N–H and O–H groups in total. The molecule has 4 heterocycles. The van der Waals surface area contributed by atoms with Gasteiger partial charge in [-0.25, -0.2) is 4.39 Å². The van der Waals surface area contributed by atoms with Crippen LogP contribution in [0.25, 0.3) is 11.3 Å². The number of piperidine rings is 3. The molecular weight excluding hydrogens is 291 g/mol.